The highest BCUT2D eigenvalue weighted by atomic mass is 16.5. The van der Waals surface area contributed by atoms with E-state index in [-0.39, 0.29) is 0 Å². The lowest BCUT2D eigenvalue weighted by Crippen LogP contribution is -2.08. The summed E-state index contributed by atoms with van der Waals surface area (Å²) >= 11 is 0. The molecule has 25 heavy (non-hydrogen) atoms. The zero-order valence-corrected chi connectivity index (χ0v) is 15.6. The van der Waals surface area contributed by atoms with E-state index in [9.17, 15) is 0 Å². The second-order valence-corrected chi connectivity index (χ2v) is 6.44. The summed E-state index contributed by atoms with van der Waals surface area (Å²) in [6.45, 7) is 11.2. The number of benzene rings is 2. The van der Waals surface area contributed by atoms with Gasteiger partial charge < -0.3 is 14.0 Å². The van der Waals surface area contributed by atoms with Crippen LogP contribution in [0, 0.1) is 13.8 Å². The Hall–Kier alpha value is -2.26. The highest BCUT2D eigenvalue weighted by Gasteiger charge is 2.16. The Kier molecular flexibility index (Phi) is 5.44. The van der Waals surface area contributed by atoms with Crippen LogP contribution in [0.15, 0.2) is 42.5 Å². The molecule has 132 valence electrons. The maximum Gasteiger partial charge on any atom is 0.129 e. The fourth-order valence-electron chi connectivity index (χ4n) is 3.49. The van der Waals surface area contributed by atoms with E-state index in [1.807, 2.05) is 6.92 Å². The third kappa shape index (κ3) is 3.72. The van der Waals surface area contributed by atoms with E-state index in [4.69, 9.17) is 9.47 Å². The van der Waals surface area contributed by atoms with Gasteiger partial charge in [0, 0.05) is 29.6 Å². The van der Waals surface area contributed by atoms with Gasteiger partial charge in [-0.05, 0) is 57.0 Å². The van der Waals surface area contributed by atoms with Crippen LogP contribution in [0.2, 0.25) is 0 Å². The molecule has 1 heterocycles. The number of hydrogen-bond donors (Lipinski definition) is 0. The first kappa shape index (κ1) is 17.6. The third-order valence-electron chi connectivity index (χ3n) is 4.53. The smallest absolute Gasteiger partial charge is 0.129 e. The lowest BCUT2D eigenvalue weighted by molar-refractivity contribution is 0.133. The molecule has 3 nitrogen and oxygen atoms in total. The van der Waals surface area contributed by atoms with Crippen LogP contribution in [-0.4, -0.2) is 11.2 Å². The van der Waals surface area contributed by atoms with Crippen LogP contribution >= 0.6 is 0 Å². The second kappa shape index (κ2) is 7.75. The summed E-state index contributed by atoms with van der Waals surface area (Å²) in [5, 5.41) is 1.26. The van der Waals surface area contributed by atoms with E-state index >= 15 is 0 Å². The first-order chi connectivity index (χ1) is 12.1. The Bertz CT molecular complexity index is 844. The summed E-state index contributed by atoms with van der Waals surface area (Å²) in [6, 6.07) is 14.9. The summed E-state index contributed by atoms with van der Waals surface area (Å²) in [6.07, 6.45) is 0. The van der Waals surface area contributed by atoms with Gasteiger partial charge in [-0.3, -0.25) is 0 Å². The van der Waals surface area contributed by atoms with Gasteiger partial charge in [-0.25, -0.2) is 0 Å². The molecule has 0 aliphatic carbocycles. The highest BCUT2D eigenvalue weighted by Crippen LogP contribution is 2.28. The Morgan fingerprint density at radius 3 is 2.32 bits per heavy atom. The molecule has 0 saturated heterocycles. The van der Waals surface area contributed by atoms with Gasteiger partial charge in [-0.2, -0.15) is 0 Å². The minimum Gasteiger partial charge on any atom is -0.487 e. The largest absolute Gasteiger partial charge is 0.487 e. The molecule has 3 rings (SSSR count). The zero-order chi connectivity index (χ0) is 17.8. The van der Waals surface area contributed by atoms with E-state index < -0.39 is 0 Å². The predicted octanol–water partition coefficient (Wildman–Crippen LogP) is 5.39. The van der Waals surface area contributed by atoms with Crippen molar-refractivity contribution in [3.63, 3.8) is 0 Å². The monoisotopic (exact) mass is 337 g/mol. The SMILES string of the molecule is CCOCc1c(COc2cc(C)cc(C)c2)n(CC)c2ccccc12. The number of aryl methyl sites for hydroxylation is 3. The first-order valence-electron chi connectivity index (χ1n) is 9.01. The van der Waals surface area contributed by atoms with Crippen LogP contribution in [0.25, 0.3) is 10.9 Å². The molecule has 0 bridgehead atoms. The second-order valence-electron chi connectivity index (χ2n) is 6.44. The van der Waals surface area contributed by atoms with E-state index in [0.717, 1.165) is 12.3 Å². The van der Waals surface area contributed by atoms with Gasteiger partial charge in [-0.1, -0.05) is 24.3 Å². The van der Waals surface area contributed by atoms with E-state index in [2.05, 4.69) is 67.8 Å². The number of fused-ring (bicyclic) bond motifs is 1. The number of nitrogens with zero attached hydrogens (tertiary/aromatic N) is 1. The Morgan fingerprint density at radius 2 is 1.64 bits per heavy atom. The van der Waals surface area contributed by atoms with E-state index in [1.165, 1.54) is 33.3 Å². The minimum atomic E-state index is 0.549. The third-order valence-corrected chi connectivity index (χ3v) is 4.53. The van der Waals surface area contributed by atoms with Crippen molar-refractivity contribution in [1.82, 2.24) is 4.57 Å². The van der Waals surface area contributed by atoms with Gasteiger partial charge >= 0.3 is 0 Å². The van der Waals surface area contributed by atoms with E-state index in [0.29, 0.717) is 19.8 Å². The number of aromatic nitrogens is 1. The molecule has 0 radical (unpaired) electrons. The Morgan fingerprint density at radius 1 is 0.920 bits per heavy atom. The van der Waals surface area contributed by atoms with Gasteiger partial charge in [0.15, 0.2) is 0 Å². The molecular formula is C22H27NO2. The van der Waals surface area contributed by atoms with Crippen LogP contribution in [0.3, 0.4) is 0 Å². The predicted molar refractivity (Wildman–Crippen MR) is 103 cm³/mol. The van der Waals surface area contributed by atoms with Gasteiger partial charge in [0.05, 0.1) is 12.3 Å². The minimum absolute atomic E-state index is 0.549. The van der Waals surface area contributed by atoms with Crippen molar-refractivity contribution >= 4 is 10.9 Å². The standard InChI is InChI=1S/C22H27NO2/c1-5-23-21-10-8-7-9-19(21)20(14-24-6-2)22(23)15-25-18-12-16(3)11-17(4)13-18/h7-13H,5-6,14-15H2,1-4H3. The number of para-hydroxylation sites is 1. The molecule has 0 amide bonds. The highest BCUT2D eigenvalue weighted by molar-refractivity contribution is 5.85. The van der Waals surface area contributed by atoms with Crippen molar-refractivity contribution in [2.24, 2.45) is 0 Å². The van der Waals surface area contributed by atoms with Gasteiger partial charge in [0.1, 0.15) is 12.4 Å². The lowest BCUT2D eigenvalue weighted by Gasteiger charge is -2.13. The molecular weight excluding hydrogens is 310 g/mol. The maximum atomic E-state index is 6.17. The quantitative estimate of drug-likeness (QED) is 0.577. The fourth-order valence-corrected chi connectivity index (χ4v) is 3.49. The molecule has 0 fully saturated rings. The van der Waals surface area contributed by atoms with Crippen molar-refractivity contribution in [1.29, 1.82) is 0 Å². The van der Waals surface area contributed by atoms with Gasteiger partial charge in [0.25, 0.3) is 0 Å². The molecule has 0 saturated carbocycles. The molecule has 0 N–H and O–H groups in total. The van der Waals surface area contributed by atoms with Crippen LogP contribution in [0.5, 0.6) is 5.75 Å². The van der Waals surface area contributed by atoms with Crippen molar-refractivity contribution in [3.05, 3.63) is 64.8 Å². The Balaban J connectivity index is 1.98. The summed E-state index contributed by atoms with van der Waals surface area (Å²) < 4.78 is 14.3. The lowest BCUT2D eigenvalue weighted by atomic mass is 10.1. The number of ether oxygens (including phenoxy) is 2. The van der Waals surface area contributed by atoms with Crippen LogP contribution in [-0.2, 0) is 24.5 Å². The summed E-state index contributed by atoms with van der Waals surface area (Å²) in [7, 11) is 0. The van der Waals surface area contributed by atoms with Crippen LogP contribution in [0.1, 0.15) is 36.2 Å². The normalized spacial score (nSPS) is 11.2. The molecule has 3 heteroatoms. The molecule has 0 unspecified atom stereocenters. The first-order valence-corrected chi connectivity index (χ1v) is 9.01. The maximum absolute atomic E-state index is 6.17. The van der Waals surface area contributed by atoms with Crippen molar-refractivity contribution in [3.8, 4) is 5.75 Å². The number of hydrogen-bond acceptors (Lipinski definition) is 2. The molecule has 3 aromatic rings. The van der Waals surface area contributed by atoms with Crippen LogP contribution in [0.4, 0.5) is 0 Å². The van der Waals surface area contributed by atoms with Crippen molar-refractivity contribution < 1.29 is 9.47 Å². The molecule has 0 aliphatic heterocycles. The van der Waals surface area contributed by atoms with Crippen LogP contribution < -0.4 is 4.74 Å². The molecule has 0 aliphatic rings. The average Bonchev–Trinajstić information content (AvgIpc) is 2.90. The van der Waals surface area contributed by atoms with Gasteiger partial charge in [-0.15, -0.1) is 0 Å². The topological polar surface area (TPSA) is 23.4 Å². The molecule has 0 atom stereocenters. The molecule has 2 aromatic carbocycles. The number of rotatable bonds is 7. The fraction of sp³-hybridized carbons (Fsp3) is 0.364. The van der Waals surface area contributed by atoms with Crippen molar-refractivity contribution in [2.45, 2.75) is 47.5 Å². The summed E-state index contributed by atoms with van der Waals surface area (Å²) in [5.41, 5.74) is 6.14. The summed E-state index contributed by atoms with van der Waals surface area (Å²) in [5.74, 6) is 0.924. The van der Waals surface area contributed by atoms with Gasteiger partial charge in [0.2, 0.25) is 0 Å². The van der Waals surface area contributed by atoms with Crippen molar-refractivity contribution in [2.75, 3.05) is 6.61 Å². The Labute approximate surface area is 150 Å². The molecule has 1 aromatic heterocycles. The summed E-state index contributed by atoms with van der Waals surface area (Å²) in [4.78, 5) is 0. The van der Waals surface area contributed by atoms with E-state index in [1.54, 1.807) is 0 Å². The zero-order valence-electron chi connectivity index (χ0n) is 15.6. The average molecular weight is 337 g/mol. The molecule has 0 spiro atoms.